The van der Waals surface area contributed by atoms with Gasteiger partial charge in [-0.1, -0.05) is 12.1 Å². The van der Waals surface area contributed by atoms with Crippen LogP contribution in [0.1, 0.15) is 10.4 Å². The lowest BCUT2D eigenvalue weighted by molar-refractivity contribution is -0.395. The van der Waals surface area contributed by atoms with Crippen molar-refractivity contribution in [3.05, 3.63) is 66.2 Å². The maximum Gasteiger partial charge on any atom is 0.352 e. The number of methoxy groups -OCH3 is 2. The average molecular weight is 393 g/mol. The van der Waals surface area contributed by atoms with E-state index in [4.69, 9.17) is 9.47 Å². The largest absolute Gasteiger partial charge is 0.490 e. The fourth-order valence-electron chi connectivity index (χ4n) is 2.32. The van der Waals surface area contributed by atoms with Crippen LogP contribution >= 0.6 is 0 Å². The summed E-state index contributed by atoms with van der Waals surface area (Å²) >= 11 is 0. The van der Waals surface area contributed by atoms with Gasteiger partial charge in [0.25, 0.3) is 0 Å². The number of nitro benzene ring substituents is 3. The molecule has 28 heavy (non-hydrogen) atoms. The van der Waals surface area contributed by atoms with E-state index >= 15 is 0 Å². The van der Waals surface area contributed by atoms with E-state index in [1.54, 1.807) is 0 Å². The molecule has 0 atom stereocenters. The normalized spacial score (nSPS) is 10.1. The molecule has 0 aliphatic carbocycles. The molecule has 146 valence electrons. The van der Waals surface area contributed by atoms with E-state index in [1.165, 1.54) is 12.1 Å². The molecule has 2 aromatic carbocycles. The van der Waals surface area contributed by atoms with Crippen molar-refractivity contribution >= 4 is 23.0 Å². The lowest BCUT2D eigenvalue weighted by atomic mass is 10.1. The van der Waals surface area contributed by atoms with Crippen molar-refractivity contribution < 1.29 is 33.8 Å². The van der Waals surface area contributed by atoms with Gasteiger partial charge in [0, 0.05) is 12.1 Å². The van der Waals surface area contributed by atoms with Crippen molar-refractivity contribution in [2.75, 3.05) is 14.2 Å². The van der Waals surface area contributed by atoms with Crippen LogP contribution < -0.4 is 9.47 Å². The van der Waals surface area contributed by atoms with Crippen LogP contribution in [-0.2, 0) is 4.74 Å². The molecule has 0 aliphatic rings. The second-order valence-electron chi connectivity index (χ2n) is 4.98. The Balaban J connectivity index is 2.85. The Morgan fingerprint density at radius 3 is 1.93 bits per heavy atom. The van der Waals surface area contributed by atoms with Crippen LogP contribution in [0.2, 0.25) is 0 Å². The fourth-order valence-corrected chi connectivity index (χ4v) is 2.32. The van der Waals surface area contributed by atoms with Crippen LogP contribution in [0.3, 0.4) is 0 Å². The van der Waals surface area contributed by atoms with Crippen molar-refractivity contribution in [2.45, 2.75) is 0 Å². The first-order valence-corrected chi connectivity index (χ1v) is 7.26. The Hall–Kier alpha value is -4.29. The number of nitrogens with zero attached hydrogens (tertiary/aromatic N) is 3. The summed E-state index contributed by atoms with van der Waals surface area (Å²) in [4.78, 5) is 43.2. The molecule has 2 aromatic rings. The highest BCUT2D eigenvalue weighted by molar-refractivity contribution is 6.01. The molecule has 0 amide bonds. The van der Waals surface area contributed by atoms with Gasteiger partial charge < -0.3 is 14.2 Å². The number of ether oxygens (including phenoxy) is 3. The van der Waals surface area contributed by atoms with Gasteiger partial charge in [-0.15, -0.1) is 0 Å². The SMILES string of the molecule is COC(=O)c1c([N+](=O)[O-])c(OC)cc(Oc2ccccc2[N+](=O)[O-])c1[N+](=O)[O-]. The highest BCUT2D eigenvalue weighted by atomic mass is 16.6. The Morgan fingerprint density at radius 1 is 0.857 bits per heavy atom. The molecular formula is C15H11N3O10. The summed E-state index contributed by atoms with van der Waals surface area (Å²) in [5.74, 6) is -2.99. The third-order valence-electron chi connectivity index (χ3n) is 3.46. The van der Waals surface area contributed by atoms with Crippen molar-refractivity contribution in [2.24, 2.45) is 0 Å². The molecule has 13 heteroatoms. The lowest BCUT2D eigenvalue weighted by Crippen LogP contribution is -2.12. The second-order valence-corrected chi connectivity index (χ2v) is 4.98. The Morgan fingerprint density at radius 2 is 1.43 bits per heavy atom. The van der Waals surface area contributed by atoms with Crippen LogP contribution in [0, 0.1) is 30.3 Å². The highest BCUT2D eigenvalue weighted by Crippen LogP contribution is 2.46. The Kier molecular flexibility index (Phi) is 5.68. The third-order valence-corrected chi connectivity index (χ3v) is 3.46. The molecule has 0 aromatic heterocycles. The maximum absolute atomic E-state index is 12.1. The molecule has 0 N–H and O–H groups in total. The van der Waals surface area contributed by atoms with E-state index in [9.17, 15) is 35.1 Å². The number of esters is 1. The van der Waals surface area contributed by atoms with Crippen LogP contribution in [0.4, 0.5) is 17.1 Å². The zero-order chi connectivity index (χ0) is 21.0. The second kappa shape index (κ2) is 7.94. The molecule has 0 spiro atoms. The summed E-state index contributed by atoms with van der Waals surface area (Å²) in [5.41, 5.74) is -3.65. The van der Waals surface area contributed by atoms with Gasteiger partial charge in [0.05, 0.1) is 29.0 Å². The van der Waals surface area contributed by atoms with E-state index in [0.717, 1.165) is 32.4 Å². The van der Waals surface area contributed by atoms with Gasteiger partial charge in [-0.25, -0.2) is 4.79 Å². The van der Waals surface area contributed by atoms with Crippen molar-refractivity contribution in [3.8, 4) is 17.2 Å². The molecule has 2 rings (SSSR count). The fraction of sp³-hybridized carbons (Fsp3) is 0.133. The van der Waals surface area contributed by atoms with Gasteiger partial charge >= 0.3 is 23.0 Å². The predicted octanol–water partition coefficient (Wildman–Crippen LogP) is 3.00. The summed E-state index contributed by atoms with van der Waals surface area (Å²) < 4.78 is 14.5. The van der Waals surface area contributed by atoms with Crippen molar-refractivity contribution in [3.63, 3.8) is 0 Å². The summed E-state index contributed by atoms with van der Waals surface area (Å²) in [6.45, 7) is 0. The Labute approximate surface area is 155 Å². The number of para-hydroxylation sites is 2. The van der Waals surface area contributed by atoms with Gasteiger partial charge in [0.1, 0.15) is 0 Å². The van der Waals surface area contributed by atoms with Crippen LogP contribution in [0.25, 0.3) is 0 Å². The molecule has 0 bridgehead atoms. The van der Waals surface area contributed by atoms with Gasteiger partial charge in [-0.3, -0.25) is 30.3 Å². The maximum atomic E-state index is 12.1. The van der Waals surface area contributed by atoms with Crippen LogP contribution in [0.5, 0.6) is 17.2 Å². The minimum atomic E-state index is -1.38. The first-order chi connectivity index (χ1) is 13.2. The van der Waals surface area contributed by atoms with Gasteiger partial charge in [0.15, 0.2) is 0 Å². The first-order valence-electron chi connectivity index (χ1n) is 7.26. The molecule has 0 aliphatic heterocycles. The topological polar surface area (TPSA) is 174 Å². The van der Waals surface area contributed by atoms with E-state index in [-0.39, 0.29) is 5.75 Å². The van der Waals surface area contributed by atoms with Crippen LogP contribution in [-0.4, -0.2) is 35.0 Å². The van der Waals surface area contributed by atoms with Gasteiger partial charge in [0.2, 0.25) is 22.8 Å². The number of hydrogen-bond acceptors (Lipinski definition) is 10. The zero-order valence-electron chi connectivity index (χ0n) is 14.3. The van der Waals surface area contributed by atoms with Gasteiger partial charge in [-0.05, 0) is 6.07 Å². The summed E-state index contributed by atoms with van der Waals surface area (Å²) in [7, 11) is 1.90. The number of benzene rings is 2. The standard InChI is InChI=1S/C15H11N3O10/c1-26-10-7-11(28-9-6-4-3-5-8(9)16(20)21)14(18(24)25)12(15(19)27-2)13(10)17(22)23/h3-7H,1-2H3. The molecule has 0 saturated heterocycles. The summed E-state index contributed by atoms with van der Waals surface area (Å²) in [5, 5.41) is 34.1. The average Bonchev–Trinajstić information content (AvgIpc) is 2.65. The number of nitro groups is 3. The van der Waals surface area contributed by atoms with Crippen molar-refractivity contribution in [1.29, 1.82) is 0 Å². The number of carbonyl (C=O) groups is 1. The molecule has 0 unspecified atom stereocenters. The van der Waals surface area contributed by atoms with Crippen molar-refractivity contribution in [1.82, 2.24) is 0 Å². The summed E-state index contributed by atoms with van der Waals surface area (Å²) in [6, 6.07) is 5.76. The Bertz CT molecular complexity index is 988. The number of hydrogen-bond donors (Lipinski definition) is 0. The monoisotopic (exact) mass is 393 g/mol. The smallest absolute Gasteiger partial charge is 0.352 e. The first kappa shape index (κ1) is 20.0. The number of rotatable bonds is 7. The summed E-state index contributed by atoms with van der Waals surface area (Å²) in [6.07, 6.45) is 0. The molecule has 0 radical (unpaired) electrons. The highest BCUT2D eigenvalue weighted by Gasteiger charge is 2.40. The molecular weight excluding hydrogens is 382 g/mol. The molecule has 0 heterocycles. The third kappa shape index (κ3) is 3.62. The van der Waals surface area contributed by atoms with Gasteiger partial charge in [-0.2, -0.15) is 0 Å². The quantitative estimate of drug-likeness (QED) is 0.386. The van der Waals surface area contributed by atoms with E-state index < -0.39 is 54.9 Å². The molecule has 13 nitrogen and oxygen atoms in total. The molecule has 0 fully saturated rings. The molecule has 0 saturated carbocycles. The minimum Gasteiger partial charge on any atom is -0.490 e. The predicted molar refractivity (Wildman–Crippen MR) is 90.8 cm³/mol. The lowest BCUT2D eigenvalue weighted by Gasteiger charge is -2.12. The number of carbonyl (C=O) groups excluding carboxylic acids is 1. The van der Waals surface area contributed by atoms with E-state index in [0.29, 0.717) is 0 Å². The zero-order valence-corrected chi connectivity index (χ0v) is 14.3. The van der Waals surface area contributed by atoms with E-state index in [1.807, 2.05) is 0 Å². The minimum absolute atomic E-state index is 0.387. The van der Waals surface area contributed by atoms with E-state index in [2.05, 4.69) is 4.74 Å². The van der Waals surface area contributed by atoms with Crippen LogP contribution in [0.15, 0.2) is 30.3 Å².